The first kappa shape index (κ1) is 14.7. The third kappa shape index (κ3) is 2.92. The number of imide groups is 1. The smallest absolute Gasteiger partial charge is 0.261 e. The van der Waals surface area contributed by atoms with Gasteiger partial charge in [-0.15, -0.1) is 0 Å². The third-order valence-electron chi connectivity index (χ3n) is 3.04. The van der Waals surface area contributed by atoms with Crippen molar-refractivity contribution in [3.8, 4) is 6.07 Å². The fourth-order valence-electron chi connectivity index (χ4n) is 2.18. The molecule has 108 valence electrons. The number of hydrogen-bond acceptors (Lipinski definition) is 4. The van der Waals surface area contributed by atoms with Crippen molar-refractivity contribution in [2.75, 3.05) is 11.9 Å². The lowest BCUT2D eigenvalue weighted by Crippen LogP contribution is -2.33. The maximum Gasteiger partial charge on any atom is 0.261 e. The highest BCUT2D eigenvalue weighted by Crippen LogP contribution is 2.26. The summed E-state index contributed by atoms with van der Waals surface area (Å²) in [6.07, 6.45) is -0.260. The minimum atomic E-state index is -0.451. The van der Waals surface area contributed by atoms with E-state index in [9.17, 15) is 14.4 Å². The predicted octanol–water partition coefficient (Wildman–Crippen LogP) is 1.79. The molecule has 1 aromatic carbocycles. The van der Waals surface area contributed by atoms with Crippen molar-refractivity contribution in [3.63, 3.8) is 0 Å². The predicted molar refractivity (Wildman–Crippen MR) is 75.5 cm³/mol. The molecule has 1 aliphatic rings. The Bertz CT molecular complexity index is 659. The van der Waals surface area contributed by atoms with E-state index in [0.29, 0.717) is 17.8 Å². The van der Waals surface area contributed by atoms with E-state index in [1.807, 2.05) is 13.8 Å². The van der Waals surface area contributed by atoms with E-state index in [4.69, 9.17) is 5.26 Å². The summed E-state index contributed by atoms with van der Waals surface area (Å²) in [4.78, 5) is 37.0. The van der Waals surface area contributed by atoms with Crippen molar-refractivity contribution < 1.29 is 14.4 Å². The molecule has 1 N–H and O–H groups in total. The van der Waals surface area contributed by atoms with Crippen LogP contribution in [0.1, 0.15) is 41.0 Å². The number of carbonyl (C=O) groups is 3. The van der Waals surface area contributed by atoms with Gasteiger partial charge in [-0.3, -0.25) is 19.3 Å². The topological polar surface area (TPSA) is 90.3 Å². The van der Waals surface area contributed by atoms with Crippen molar-refractivity contribution in [1.82, 2.24) is 4.90 Å². The molecule has 1 aliphatic heterocycles. The number of nitrogens with one attached hydrogen (secondary N) is 1. The first-order valence-electron chi connectivity index (χ1n) is 6.61. The third-order valence-corrected chi connectivity index (χ3v) is 3.04. The number of carbonyl (C=O) groups excluding carboxylic acids is 3. The molecular formula is C15H15N3O3. The maximum atomic E-state index is 12.2. The monoisotopic (exact) mass is 285 g/mol. The van der Waals surface area contributed by atoms with Crippen LogP contribution < -0.4 is 5.32 Å². The number of benzene rings is 1. The lowest BCUT2D eigenvalue weighted by molar-refractivity contribution is -0.115. The van der Waals surface area contributed by atoms with Crippen molar-refractivity contribution in [1.29, 1.82) is 5.26 Å². The molecule has 0 saturated carbocycles. The van der Waals surface area contributed by atoms with Crippen LogP contribution in [0.15, 0.2) is 18.2 Å². The Morgan fingerprint density at radius 1 is 1.29 bits per heavy atom. The highest BCUT2D eigenvalue weighted by Gasteiger charge is 2.35. The van der Waals surface area contributed by atoms with Crippen LogP contribution in [0, 0.1) is 17.2 Å². The molecule has 1 aromatic rings. The van der Waals surface area contributed by atoms with Crippen LogP contribution in [0.2, 0.25) is 0 Å². The second kappa shape index (κ2) is 5.75. The minimum absolute atomic E-state index is 0.182. The van der Waals surface area contributed by atoms with Crippen LogP contribution in [-0.4, -0.2) is 29.2 Å². The molecule has 0 radical (unpaired) electrons. The summed E-state index contributed by atoms with van der Waals surface area (Å²) in [5, 5.41) is 11.0. The first-order chi connectivity index (χ1) is 9.93. The Labute approximate surface area is 122 Å². The Balaban J connectivity index is 2.26. The fourth-order valence-corrected chi connectivity index (χ4v) is 2.18. The van der Waals surface area contributed by atoms with Crippen molar-refractivity contribution in [2.45, 2.75) is 20.3 Å². The Kier molecular flexibility index (Phi) is 4.03. The molecule has 21 heavy (non-hydrogen) atoms. The van der Waals surface area contributed by atoms with Gasteiger partial charge in [0.2, 0.25) is 5.91 Å². The van der Waals surface area contributed by atoms with Gasteiger partial charge in [-0.1, -0.05) is 13.8 Å². The summed E-state index contributed by atoms with van der Waals surface area (Å²) in [5.74, 6) is -0.922. The lowest BCUT2D eigenvalue weighted by Gasteiger charge is -2.15. The van der Waals surface area contributed by atoms with Gasteiger partial charge in [0.05, 0.1) is 17.2 Å². The standard InChI is InChI=1S/C15H15N3O3/c1-9(2)8-18-14(20)11-4-3-10(7-12(11)15(18)21)17-13(19)5-6-16/h3-4,7,9H,5,8H2,1-2H3,(H,17,19). The normalized spacial score (nSPS) is 13.3. The summed E-state index contributed by atoms with van der Waals surface area (Å²) in [7, 11) is 0. The summed E-state index contributed by atoms with van der Waals surface area (Å²) < 4.78 is 0. The average Bonchev–Trinajstić information content (AvgIpc) is 2.64. The molecule has 6 nitrogen and oxygen atoms in total. The number of anilines is 1. The summed E-state index contributed by atoms with van der Waals surface area (Å²) in [6, 6.07) is 6.30. The van der Waals surface area contributed by atoms with Gasteiger partial charge < -0.3 is 5.32 Å². The molecular weight excluding hydrogens is 270 g/mol. The Hall–Kier alpha value is -2.68. The van der Waals surface area contributed by atoms with Gasteiger partial charge in [-0.2, -0.15) is 5.26 Å². The van der Waals surface area contributed by atoms with Crippen molar-refractivity contribution in [2.24, 2.45) is 5.92 Å². The molecule has 0 aliphatic carbocycles. The number of rotatable bonds is 4. The summed E-state index contributed by atoms with van der Waals surface area (Å²) in [5.41, 5.74) is 1.04. The quantitative estimate of drug-likeness (QED) is 0.854. The van der Waals surface area contributed by atoms with Crippen LogP contribution in [0.5, 0.6) is 0 Å². The zero-order valence-electron chi connectivity index (χ0n) is 11.8. The maximum absolute atomic E-state index is 12.2. The molecule has 6 heteroatoms. The molecule has 0 fully saturated rings. The van der Waals surface area contributed by atoms with Crippen LogP contribution in [0.4, 0.5) is 5.69 Å². The van der Waals surface area contributed by atoms with Crippen molar-refractivity contribution >= 4 is 23.4 Å². The molecule has 0 atom stereocenters. The number of hydrogen-bond donors (Lipinski definition) is 1. The number of nitriles is 1. The van der Waals surface area contributed by atoms with E-state index in [1.54, 1.807) is 12.1 Å². The van der Waals surface area contributed by atoms with E-state index < -0.39 is 5.91 Å². The van der Waals surface area contributed by atoms with Crippen molar-refractivity contribution in [3.05, 3.63) is 29.3 Å². The first-order valence-corrected chi connectivity index (χ1v) is 6.61. The molecule has 0 spiro atoms. The van der Waals surface area contributed by atoms with Crippen LogP contribution in [-0.2, 0) is 4.79 Å². The number of fused-ring (bicyclic) bond motifs is 1. The van der Waals surface area contributed by atoms with E-state index in [1.165, 1.54) is 17.0 Å². The molecule has 1 heterocycles. The van der Waals surface area contributed by atoms with Gasteiger partial charge in [-0.05, 0) is 24.1 Å². The molecule has 0 saturated heterocycles. The van der Waals surface area contributed by atoms with E-state index in [-0.39, 0.29) is 29.7 Å². The van der Waals surface area contributed by atoms with E-state index in [2.05, 4.69) is 5.32 Å². The lowest BCUT2D eigenvalue weighted by atomic mass is 10.1. The molecule has 3 amide bonds. The zero-order chi connectivity index (χ0) is 15.6. The number of nitrogens with zero attached hydrogens (tertiary/aromatic N) is 2. The average molecular weight is 285 g/mol. The van der Waals surface area contributed by atoms with Gasteiger partial charge in [0.25, 0.3) is 11.8 Å². The van der Waals surface area contributed by atoms with Crippen LogP contribution in [0.25, 0.3) is 0 Å². The Morgan fingerprint density at radius 2 is 1.95 bits per heavy atom. The van der Waals surface area contributed by atoms with E-state index >= 15 is 0 Å². The molecule has 0 aromatic heterocycles. The highest BCUT2D eigenvalue weighted by molar-refractivity contribution is 6.21. The van der Waals surface area contributed by atoms with Crippen LogP contribution >= 0.6 is 0 Å². The SMILES string of the molecule is CC(C)CN1C(=O)c2ccc(NC(=O)CC#N)cc2C1=O. The summed E-state index contributed by atoms with van der Waals surface area (Å²) in [6.45, 7) is 4.22. The minimum Gasteiger partial charge on any atom is -0.325 e. The second-order valence-electron chi connectivity index (χ2n) is 5.26. The van der Waals surface area contributed by atoms with Gasteiger partial charge in [-0.25, -0.2) is 0 Å². The van der Waals surface area contributed by atoms with Gasteiger partial charge >= 0.3 is 0 Å². The van der Waals surface area contributed by atoms with E-state index in [0.717, 1.165) is 0 Å². The van der Waals surface area contributed by atoms with Crippen LogP contribution in [0.3, 0.4) is 0 Å². The van der Waals surface area contributed by atoms with Gasteiger partial charge in [0, 0.05) is 12.2 Å². The highest BCUT2D eigenvalue weighted by atomic mass is 16.2. The number of amides is 3. The summed E-state index contributed by atoms with van der Waals surface area (Å²) >= 11 is 0. The molecule has 0 bridgehead atoms. The fraction of sp³-hybridized carbons (Fsp3) is 0.333. The Morgan fingerprint density at radius 3 is 2.57 bits per heavy atom. The molecule has 2 rings (SSSR count). The second-order valence-corrected chi connectivity index (χ2v) is 5.26. The zero-order valence-corrected chi connectivity index (χ0v) is 11.8. The van der Waals surface area contributed by atoms with Gasteiger partial charge in [0.15, 0.2) is 0 Å². The van der Waals surface area contributed by atoms with Gasteiger partial charge in [0.1, 0.15) is 6.42 Å². The molecule has 0 unspecified atom stereocenters. The largest absolute Gasteiger partial charge is 0.325 e.